The Morgan fingerprint density at radius 3 is 3.00 bits per heavy atom. The van der Waals surface area contributed by atoms with Crippen LogP contribution in [-0.4, -0.2) is 27.5 Å². The first kappa shape index (κ1) is 13.8. The molecule has 1 aliphatic heterocycles. The van der Waals surface area contributed by atoms with Gasteiger partial charge >= 0.3 is 0 Å². The molecule has 2 aromatic heterocycles. The second-order valence-corrected chi connectivity index (χ2v) is 5.48. The SMILES string of the molecule is Cc1cc([C@H]2CCCCCN2C(=O)c2cccnc2)on1. The van der Waals surface area contributed by atoms with Crippen LogP contribution in [0.15, 0.2) is 35.1 Å². The minimum absolute atomic E-state index is 0.0176. The van der Waals surface area contributed by atoms with Gasteiger partial charge in [-0.2, -0.15) is 0 Å². The van der Waals surface area contributed by atoms with Crippen LogP contribution >= 0.6 is 0 Å². The van der Waals surface area contributed by atoms with Crippen LogP contribution in [0, 0.1) is 6.92 Å². The van der Waals surface area contributed by atoms with Crippen molar-refractivity contribution in [3.63, 3.8) is 0 Å². The summed E-state index contributed by atoms with van der Waals surface area (Å²) < 4.78 is 5.42. The van der Waals surface area contributed by atoms with Gasteiger partial charge in [-0.05, 0) is 31.9 Å². The molecular formula is C16H19N3O2. The van der Waals surface area contributed by atoms with Gasteiger partial charge in [0.15, 0.2) is 5.76 Å². The monoisotopic (exact) mass is 285 g/mol. The molecule has 5 nitrogen and oxygen atoms in total. The third-order valence-electron chi connectivity index (χ3n) is 3.90. The molecule has 21 heavy (non-hydrogen) atoms. The van der Waals surface area contributed by atoms with Gasteiger partial charge in [-0.1, -0.05) is 18.0 Å². The summed E-state index contributed by atoms with van der Waals surface area (Å²) in [4.78, 5) is 18.7. The molecule has 1 amide bonds. The Morgan fingerprint density at radius 1 is 1.38 bits per heavy atom. The molecule has 5 heteroatoms. The van der Waals surface area contributed by atoms with Gasteiger partial charge in [0.05, 0.1) is 17.3 Å². The summed E-state index contributed by atoms with van der Waals surface area (Å²) in [6.45, 7) is 2.65. The third kappa shape index (κ3) is 2.96. The van der Waals surface area contributed by atoms with Crippen molar-refractivity contribution in [1.29, 1.82) is 0 Å². The zero-order chi connectivity index (χ0) is 14.7. The van der Waals surface area contributed by atoms with Gasteiger partial charge in [0, 0.05) is 25.0 Å². The van der Waals surface area contributed by atoms with Crippen LogP contribution in [-0.2, 0) is 0 Å². The van der Waals surface area contributed by atoms with Crippen molar-refractivity contribution in [1.82, 2.24) is 15.0 Å². The van der Waals surface area contributed by atoms with Crippen LogP contribution in [0.5, 0.6) is 0 Å². The van der Waals surface area contributed by atoms with E-state index in [0.717, 1.165) is 43.7 Å². The van der Waals surface area contributed by atoms with E-state index in [9.17, 15) is 4.79 Å². The van der Waals surface area contributed by atoms with Crippen LogP contribution in [0.1, 0.15) is 53.5 Å². The Morgan fingerprint density at radius 2 is 2.29 bits per heavy atom. The van der Waals surface area contributed by atoms with Crippen LogP contribution < -0.4 is 0 Å². The lowest BCUT2D eigenvalue weighted by Crippen LogP contribution is -2.34. The average molecular weight is 285 g/mol. The number of rotatable bonds is 2. The first-order chi connectivity index (χ1) is 10.3. The van der Waals surface area contributed by atoms with Crippen molar-refractivity contribution in [3.05, 3.63) is 47.6 Å². The Balaban J connectivity index is 1.90. The summed E-state index contributed by atoms with van der Waals surface area (Å²) in [5.41, 5.74) is 1.48. The lowest BCUT2D eigenvalue weighted by Gasteiger charge is -2.28. The van der Waals surface area contributed by atoms with Crippen molar-refractivity contribution < 1.29 is 9.32 Å². The summed E-state index contributed by atoms with van der Waals surface area (Å²) in [7, 11) is 0. The summed E-state index contributed by atoms with van der Waals surface area (Å²) in [5.74, 6) is 0.802. The Hall–Kier alpha value is -2.17. The number of amides is 1. The topological polar surface area (TPSA) is 59.2 Å². The van der Waals surface area contributed by atoms with E-state index in [4.69, 9.17) is 4.52 Å². The van der Waals surface area contributed by atoms with Crippen LogP contribution in [0.2, 0.25) is 0 Å². The van der Waals surface area contributed by atoms with Gasteiger partial charge in [-0.3, -0.25) is 9.78 Å². The molecule has 1 atom stereocenters. The molecule has 0 aliphatic carbocycles. The van der Waals surface area contributed by atoms with Crippen molar-refractivity contribution >= 4 is 5.91 Å². The lowest BCUT2D eigenvalue weighted by atomic mass is 10.1. The van der Waals surface area contributed by atoms with E-state index in [-0.39, 0.29) is 11.9 Å². The standard InChI is InChI=1S/C16H19N3O2/c1-12-10-15(21-18-12)14-7-3-2-4-9-19(14)16(20)13-6-5-8-17-11-13/h5-6,8,10-11,14H,2-4,7,9H2,1H3/t14-/m1/s1. The molecule has 3 heterocycles. The third-order valence-corrected chi connectivity index (χ3v) is 3.90. The molecule has 1 aliphatic rings. The number of aromatic nitrogens is 2. The molecular weight excluding hydrogens is 266 g/mol. The van der Waals surface area contributed by atoms with Gasteiger partial charge in [0.1, 0.15) is 0 Å². The Bertz CT molecular complexity index is 609. The highest BCUT2D eigenvalue weighted by Crippen LogP contribution is 2.31. The number of carbonyl (C=O) groups excluding carboxylic acids is 1. The van der Waals surface area contributed by atoms with Gasteiger partial charge in [0.2, 0.25) is 0 Å². The zero-order valence-corrected chi connectivity index (χ0v) is 12.2. The smallest absolute Gasteiger partial charge is 0.256 e. The fourth-order valence-corrected chi connectivity index (χ4v) is 2.84. The predicted molar refractivity (Wildman–Crippen MR) is 77.7 cm³/mol. The molecule has 1 saturated heterocycles. The summed E-state index contributed by atoms with van der Waals surface area (Å²) in [6, 6.07) is 5.50. The fraction of sp³-hybridized carbons (Fsp3) is 0.438. The zero-order valence-electron chi connectivity index (χ0n) is 12.2. The quantitative estimate of drug-likeness (QED) is 0.850. The molecule has 1 fully saturated rings. The van der Waals surface area contributed by atoms with Gasteiger partial charge in [-0.25, -0.2) is 0 Å². The summed E-state index contributed by atoms with van der Waals surface area (Å²) in [6.07, 6.45) is 7.48. The molecule has 110 valence electrons. The van der Waals surface area contributed by atoms with Gasteiger partial charge in [-0.15, -0.1) is 0 Å². The van der Waals surface area contributed by atoms with E-state index in [1.165, 1.54) is 0 Å². The summed E-state index contributed by atoms with van der Waals surface area (Å²) in [5, 5.41) is 3.96. The predicted octanol–water partition coefficient (Wildman–Crippen LogP) is 3.14. The second-order valence-electron chi connectivity index (χ2n) is 5.48. The number of nitrogens with zero attached hydrogens (tertiary/aromatic N) is 3. The van der Waals surface area contributed by atoms with Crippen molar-refractivity contribution in [2.45, 2.75) is 38.6 Å². The summed E-state index contributed by atoms with van der Waals surface area (Å²) >= 11 is 0. The van der Waals surface area contributed by atoms with Crippen LogP contribution in [0.25, 0.3) is 0 Å². The molecule has 0 N–H and O–H groups in total. The van der Waals surface area contributed by atoms with Gasteiger partial charge in [0.25, 0.3) is 5.91 Å². The number of hydrogen-bond donors (Lipinski definition) is 0. The van der Waals surface area contributed by atoms with E-state index in [0.29, 0.717) is 5.56 Å². The molecule has 0 unspecified atom stereocenters. The molecule has 2 aromatic rings. The highest BCUT2D eigenvalue weighted by atomic mass is 16.5. The second kappa shape index (κ2) is 6.08. The van der Waals surface area contributed by atoms with Crippen molar-refractivity contribution in [2.24, 2.45) is 0 Å². The van der Waals surface area contributed by atoms with Crippen LogP contribution in [0.4, 0.5) is 0 Å². The number of aryl methyl sites for hydroxylation is 1. The fourth-order valence-electron chi connectivity index (χ4n) is 2.84. The van der Waals surface area contributed by atoms with E-state index in [1.54, 1.807) is 18.5 Å². The first-order valence-corrected chi connectivity index (χ1v) is 7.40. The maximum atomic E-state index is 12.8. The van der Waals surface area contributed by atoms with Crippen LogP contribution in [0.3, 0.4) is 0 Å². The largest absolute Gasteiger partial charge is 0.359 e. The molecule has 0 bridgehead atoms. The molecule has 0 spiro atoms. The minimum Gasteiger partial charge on any atom is -0.359 e. The number of likely N-dealkylation sites (tertiary alicyclic amines) is 1. The molecule has 0 radical (unpaired) electrons. The molecule has 0 saturated carbocycles. The maximum absolute atomic E-state index is 12.8. The lowest BCUT2D eigenvalue weighted by molar-refractivity contribution is 0.0650. The van der Waals surface area contributed by atoms with E-state index >= 15 is 0 Å². The highest BCUT2D eigenvalue weighted by molar-refractivity contribution is 5.94. The van der Waals surface area contributed by atoms with Gasteiger partial charge < -0.3 is 9.42 Å². The number of pyridine rings is 1. The Labute approximate surface area is 124 Å². The number of carbonyl (C=O) groups is 1. The van der Waals surface area contributed by atoms with E-state index in [1.807, 2.05) is 24.0 Å². The van der Waals surface area contributed by atoms with E-state index in [2.05, 4.69) is 10.1 Å². The highest BCUT2D eigenvalue weighted by Gasteiger charge is 2.30. The normalized spacial score (nSPS) is 19.3. The van der Waals surface area contributed by atoms with Crippen molar-refractivity contribution in [3.8, 4) is 0 Å². The first-order valence-electron chi connectivity index (χ1n) is 7.40. The van der Waals surface area contributed by atoms with E-state index < -0.39 is 0 Å². The maximum Gasteiger partial charge on any atom is 0.256 e. The molecule has 3 rings (SSSR count). The average Bonchev–Trinajstić information content (AvgIpc) is 2.80. The minimum atomic E-state index is -0.0265. The molecule has 0 aromatic carbocycles. The number of hydrogen-bond acceptors (Lipinski definition) is 4. The Kier molecular flexibility index (Phi) is 3.99. The van der Waals surface area contributed by atoms with Crippen molar-refractivity contribution in [2.75, 3.05) is 6.54 Å².